The maximum Gasteiger partial charge on any atom is 0.415 e. The van der Waals surface area contributed by atoms with E-state index in [0.29, 0.717) is 22.5 Å². The summed E-state index contributed by atoms with van der Waals surface area (Å²) in [4.78, 5) is 4.84. The van der Waals surface area contributed by atoms with Gasteiger partial charge in [-0.25, -0.2) is 26.9 Å². The molecule has 2 aromatic rings. The van der Waals surface area contributed by atoms with Gasteiger partial charge in [0.05, 0.1) is 31.2 Å². The van der Waals surface area contributed by atoms with E-state index in [-0.39, 0.29) is 0 Å². The molecule has 0 saturated carbocycles. The molecule has 2 atom stereocenters. The highest BCUT2D eigenvalue weighted by Gasteiger charge is 2.51. The van der Waals surface area contributed by atoms with Gasteiger partial charge in [-0.1, -0.05) is 12.1 Å². The van der Waals surface area contributed by atoms with Crippen molar-refractivity contribution in [2.75, 3.05) is 19.7 Å². The van der Waals surface area contributed by atoms with Gasteiger partial charge in [0.25, 0.3) is 0 Å². The van der Waals surface area contributed by atoms with Crippen LogP contribution in [0.3, 0.4) is 0 Å². The first-order chi connectivity index (χ1) is 15.8. The van der Waals surface area contributed by atoms with Crippen LogP contribution in [0, 0.1) is 24.8 Å². The Morgan fingerprint density at radius 3 is 2.32 bits per heavy atom. The minimum absolute atomic E-state index is 0.360. The van der Waals surface area contributed by atoms with Gasteiger partial charge in [-0.3, -0.25) is 0 Å². The molecule has 0 aliphatic carbocycles. The standard InChI is InChI=1S/C20H14F5N3O5S/c1-26-12-4-5-14(18(22)17(12)21)33-16-8-28(9-19(16,30)10-29)34(31,32)15-6-3-11(20(23,24)25)7-13(15)27-2/h3-7,16,29-30H,8-10H2/t16-,19+/m0/s1. The molecule has 14 heteroatoms. The molecule has 1 fully saturated rings. The number of hydrogen-bond acceptors (Lipinski definition) is 5. The molecule has 0 amide bonds. The highest BCUT2D eigenvalue weighted by Crippen LogP contribution is 2.38. The van der Waals surface area contributed by atoms with Crippen LogP contribution in [0.4, 0.5) is 33.3 Å². The van der Waals surface area contributed by atoms with Gasteiger partial charge >= 0.3 is 6.18 Å². The van der Waals surface area contributed by atoms with E-state index in [2.05, 4.69) is 9.69 Å². The Bertz CT molecular complexity index is 1320. The van der Waals surface area contributed by atoms with Crippen LogP contribution < -0.4 is 4.74 Å². The zero-order chi connectivity index (χ0) is 25.5. The summed E-state index contributed by atoms with van der Waals surface area (Å²) in [5.41, 5.74) is -5.02. The number of aliphatic hydroxyl groups excluding tert-OH is 1. The molecule has 0 unspecified atom stereocenters. The predicted molar refractivity (Wildman–Crippen MR) is 106 cm³/mol. The molecule has 0 bridgehead atoms. The van der Waals surface area contributed by atoms with Gasteiger partial charge in [-0.2, -0.15) is 17.5 Å². The highest BCUT2D eigenvalue weighted by atomic mass is 32.2. The molecule has 2 aromatic carbocycles. The number of ether oxygens (including phenoxy) is 1. The Morgan fingerprint density at radius 2 is 1.76 bits per heavy atom. The summed E-state index contributed by atoms with van der Waals surface area (Å²) in [6, 6.07) is 3.20. The van der Waals surface area contributed by atoms with Gasteiger partial charge in [0, 0.05) is 12.1 Å². The number of rotatable bonds is 5. The number of sulfonamides is 1. The Balaban J connectivity index is 1.97. The van der Waals surface area contributed by atoms with E-state index in [1.54, 1.807) is 0 Å². The molecule has 3 rings (SSSR count). The summed E-state index contributed by atoms with van der Waals surface area (Å²) in [6.07, 6.45) is -6.46. The third-order valence-electron chi connectivity index (χ3n) is 5.13. The van der Waals surface area contributed by atoms with Crippen molar-refractivity contribution < 1.29 is 45.3 Å². The molecular formula is C20H14F5N3O5S. The molecule has 2 N–H and O–H groups in total. The Morgan fingerprint density at radius 1 is 1.12 bits per heavy atom. The Kier molecular flexibility index (Phi) is 6.56. The summed E-state index contributed by atoms with van der Waals surface area (Å²) < 4.78 is 98.9. The van der Waals surface area contributed by atoms with Gasteiger partial charge in [0.2, 0.25) is 21.4 Å². The summed E-state index contributed by atoms with van der Waals surface area (Å²) >= 11 is 0. The van der Waals surface area contributed by atoms with E-state index < -0.39 is 86.8 Å². The lowest BCUT2D eigenvalue weighted by atomic mass is 10.0. The summed E-state index contributed by atoms with van der Waals surface area (Å²) in [5, 5.41) is 20.3. The molecule has 1 aliphatic rings. The second kappa shape index (κ2) is 8.81. The van der Waals surface area contributed by atoms with Crippen molar-refractivity contribution in [3.05, 3.63) is 70.4 Å². The van der Waals surface area contributed by atoms with Crippen molar-refractivity contribution in [2.45, 2.75) is 22.8 Å². The molecule has 34 heavy (non-hydrogen) atoms. The third kappa shape index (κ3) is 4.41. The first-order valence-corrected chi connectivity index (χ1v) is 10.7. The van der Waals surface area contributed by atoms with Crippen LogP contribution in [0.2, 0.25) is 0 Å². The van der Waals surface area contributed by atoms with Crippen molar-refractivity contribution in [1.82, 2.24) is 4.31 Å². The minimum Gasteiger partial charge on any atom is -0.483 e. The molecule has 0 aromatic heterocycles. The van der Waals surface area contributed by atoms with Crippen LogP contribution in [0.25, 0.3) is 9.69 Å². The van der Waals surface area contributed by atoms with Crippen LogP contribution in [0.5, 0.6) is 5.75 Å². The fraction of sp³-hybridized carbons (Fsp3) is 0.300. The molecule has 180 valence electrons. The SMILES string of the molecule is [C-]#[N+]c1cc(C(F)(F)F)ccc1S(=O)(=O)N1C[C@H](Oc2ccc([N+]#[C-])c(F)c2F)[C@](O)(CO)C1. The molecule has 0 radical (unpaired) electrons. The normalized spacial score (nSPS) is 21.1. The average molecular weight is 503 g/mol. The van der Waals surface area contributed by atoms with Crippen LogP contribution in [-0.4, -0.2) is 54.3 Å². The molecule has 1 aliphatic heterocycles. The van der Waals surface area contributed by atoms with Gasteiger partial charge in [-0.15, -0.1) is 0 Å². The molecule has 8 nitrogen and oxygen atoms in total. The lowest BCUT2D eigenvalue weighted by Crippen LogP contribution is -2.48. The molecular weight excluding hydrogens is 489 g/mol. The molecule has 1 heterocycles. The van der Waals surface area contributed by atoms with Crippen LogP contribution in [-0.2, 0) is 16.2 Å². The number of halogens is 5. The lowest BCUT2D eigenvalue weighted by molar-refractivity contribution is -0.137. The lowest BCUT2D eigenvalue weighted by Gasteiger charge is -2.27. The minimum atomic E-state index is -4.83. The quantitative estimate of drug-likeness (QED) is 0.483. The van der Waals surface area contributed by atoms with Gasteiger partial charge in [-0.05, 0) is 18.2 Å². The second-order valence-electron chi connectivity index (χ2n) is 7.28. The van der Waals surface area contributed by atoms with Crippen molar-refractivity contribution in [1.29, 1.82) is 0 Å². The van der Waals surface area contributed by atoms with Crippen LogP contribution >= 0.6 is 0 Å². The fourth-order valence-corrected chi connectivity index (χ4v) is 4.91. The summed E-state index contributed by atoms with van der Waals surface area (Å²) in [7, 11) is -4.69. The van der Waals surface area contributed by atoms with E-state index in [4.69, 9.17) is 17.9 Å². The van der Waals surface area contributed by atoms with Gasteiger partial charge in [0.15, 0.2) is 17.4 Å². The number of benzene rings is 2. The number of aliphatic hydroxyl groups is 2. The average Bonchev–Trinajstić information content (AvgIpc) is 3.13. The van der Waals surface area contributed by atoms with Crippen molar-refractivity contribution in [3.63, 3.8) is 0 Å². The number of β-amino-alcohol motifs (C(OH)–C–C–N with tert-alkyl or cyclic N) is 1. The highest BCUT2D eigenvalue weighted by molar-refractivity contribution is 7.89. The number of nitrogens with zero attached hydrogens (tertiary/aromatic N) is 3. The number of hydrogen-bond donors (Lipinski definition) is 2. The topological polar surface area (TPSA) is 95.8 Å². The summed E-state index contributed by atoms with van der Waals surface area (Å²) in [6.45, 7) is 11.2. The monoisotopic (exact) mass is 503 g/mol. The second-order valence-corrected chi connectivity index (χ2v) is 9.19. The van der Waals surface area contributed by atoms with Gasteiger partial charge < -0.3 is 14.9 Å². The van der Waals surface area contributed by atoms with Crippen molar-refractivity contribution in [2.24, 2.45) is 0 Å². The first-order valence-electron chi connectivity index (χ1n) is 9.22. The van der Waals surface area contributed by atoms with Crippen LogP contribution in [0.15, 0.2) is 35.2 Å². The van der Waals surface area contributed by atoms with E-state index in [1.165, 1.54) is 0 Å². The molecule has 0 spiro atoms. The van der Waals surface area contributed by atoms with E-state index in [0.717, 1.165) is 12.1 Å². The van der Waals surface area contributed by atoms with E-state index in [9.17, 15) is 40.6 Å². The third-order valence-corrected chi connectivity index (χ3v) is 6.99. The number of alkyl halides is 3. The first kappa shape index (κ1) is 25.3. The fourth-order valence-electron chi connectivity index (χ4n) is 3.30. The zero-order valence-electron chi connectivity index (χ0n) is 16.8. The van der Waals surface area contributed by atoms with Crippen molar-refractivity contribution in [3.8, 4) is 5.75 Å². The Hall–Kier alpha value is -3.30. The summed E-state index contributed by atoms with van der Waals surface area (Å²) in [5.74, 6) is -3.88. The van der Waals surface area contributed by atoms with Crippen molar-refractivity contribution >= 4 is 21.4 Å². The van der Waals surface area contributed by atoms with Crippen LogP contribution in [0.1, 0.15) is 5.56 Å². The predicted octanol–water partition coefficient (Wildman–Crippen LogP) is 3.26. The largest absolute Gasteiger partial charge is 0.483 e. The maximum atomic E-state index is 14.2. The van der Waals surface area contributed by atoms with E-state index >= 15 is 0 Å². The molecule has 1 saturated heterocycles. The van der Waals surface area contributed by atoms with Gasteiger partial charge in [0.1, 0.15) is 11.7 Å². The zero-order valence-corrected chi connectivity index (χ0v) is 17.7. The maximum absolute atomic E-state index is 14.2. The van der Waals surface area contributed by atoms with E-state index in [1.807, 2.05) is 0 Å². The smallest absolute Gasteiger partial charge is 0.415 e. The Labute approximate surface area is 190 Å².